The van der Waals surface area contributed by atoms with Crippen molar-refractivity contribution in [1.82, 2.24) is 9.78 Å². The highest BCUT2D eigenvalue weighted by atomic mass is 35.5. The predicted molar refractivity (Wildman–Crippen MR) is 78.4 cm³/mol. The van der Waals surface area contributed by atoms with Crippen LogP contribution < -0.4 is 0 Å². The molecule has 2 heterocycles. The summed E-state index contributed by atoms with van der Waals surface area (Å²) in [5.41, 5.74) is -1.07. The molecule has 1 fully saturated rings. The maximum Gasteiger partial charge on any atom is 0.435 e. The van der Waals surface area contributed by atoms with E-state index in [-0.39, 0.29) is 18.8 Å². The first-order chi connectivity index (χ1) is 10.9. The summed E-state index contributed by atoms with van der Waals surface area (Å²) >= 11 is 6.98. The number of aromatic nitrogens is 2. The Balaban J connectivity index is 2.04. The van der Waals surface area contributed by atoms with E-state index in [0.717, 1.165) is 16.7 Å². The molecule has 2 aromatic rings. The lowest BCUT2D eigenvalue weighted by atomic mass is 10.2. The van der Waals surface area contributed by atoms with Crippen LogP contribution in [0.1, 0.15) is 17.5 Å². The van der Waals surface area contributed by atoms with E-state index in [0.29, 0.717) is 10.0 Å². The first kappa shape index (κ1) is 16.6. The molecule has 0 aliphatic carbocycles. The molecule has 0 amide bonds. The minimum absolute atomic E-state index is 0.0857. The summed E-state index contributed by atoms with van der Waals surface area (Å²) in [6.07, 6.45) is -5.64. The number of ether oxygens (including phenoxy) is 2. The number of benzene rings is 1. The normalized spacial score (nSPS) is 16.2. The van der Waals surface area contributed by atoms with Crippen molar-refractivity contribution in [3.63, 3.8) is 0 Å². The fraction of sp³-hybridized carbons (Fsp3) is 0.357. The van der Waals surface area contributed by atoms with Crippen LogP contribution in [0.25, 0.3) is 0 Å². The standard InChI is InChI=1S/C14H12ClF3N2O2S/c1-20-12(23-9-4-2-8(15)3-5-9)10(13-21-6-7-22-13)11(19-20)14(16,17)18/h2-5,13H,6-7H2,1H3. The summed E-state index contributed by atoms with van der Waals surface area (Å²) in [5, 5.41) is 4.50. The second-order valence-corrected chi connectivity index (χ2v) is 6.32. The highest BCUT2D eigenvalue weighted by molar-refractivity contribution is 7.99. The van der Waals surface area contributed by atoms with E-state index in [4.69, 9.17) is 21.1 Å². The molecule has 1 aliphatic rings. The molecule has 1 aromatic heterocycles. The minimum atomic E-state index is -4.58. The largest absolute Gasteiger partial charge is 0.435 e. The van der Waals surface area contributed by atoms with Crippen LogP contribution in [0, 0.1) is 0 Å². The van der Waals surface area contributed by atoms with Crippen LogP contribution >= 0.6 is 23.4 Å². The molecule has 0 spiro atoms. The summed E-state index contributed by atoms with van der Waals surface area (Å²) in [6, 6.07) is 6.81. The van der Waals surface area contributed by atoms with E-state index >= 15 is 0 Å². The quantitative estimate of drug-likeness (QED) is 0.814. The molecule has 0 atom stereocenters. The van der Waals surface area contributed by atoms with Gasteiger partial charge in [0.25, 0.3) is 0 Å². The Bertz CT molecular complexity index is 697. The van der Waals surface area contributed by atoms with Crippen LogP contribution in [0.2, 0.25) is 5.02 Å². The first-order valence-corrected chi connectivity index (χ1v) is 7.86. The number of rotatable bonds is 3. The highest BCUT2D eigenvalue weighted by Gasteiger charge is 2.42. The molecule has 1 aliphatic heterocycles. The Morgan fingerprint density at radius 2 is 1.83 bits per heavy atom. The number of nitrogens with zero attached hydrogens (tertiary/aromatic N) is 2. The van der Waals surface area contributed by atoms with Crippen molar-refractivity contribution in [3.8, 4) is 0 Å². The van der Waals surface area contributed by atoms with Gasteiger partial charge in [-0.3, -0.25) is 4.68 Å². The second kappa shape index (κ2) is 6.35. The molecule has 3 rings (SSSR count). The Morgan fingerprint density at radius 3 is 2.39 bits per heavy atom. The maximum atomic E-state index is 13.3. The average Bonchev–Trinajstić information content (AvgIpc) is 3.09. The van der Waals surface area contributed by atoms with Gasteiger partial charge in [0.2, 0.25) is 0 Å². The number of hydrogen-bond donors (Lipinski definition) is 0. The number of alkyl halides is 3. The van der Waals surface area contributed by atoms with Crippen molar-refractivity contribution in [2.24, 2.45) is 7.05 Å². The van der Waals surface area contributed by atoms with E-state index in [1.807, 2.05) is 0 Å². The van der Waals surface area contributed by atoms with Gasteiger partial charge < -0.3 is 9.47 Å². The van der Waals surface area contributed by atoms with Crippen LogP contribution in [-0.2, 0) is 22.7 Å². The van der Waals surface area contributed by atoms with E-state index < -0.39 is 18.2 Å². The number of halogens is 4. The van der Waals surface area contributed by atoms with Gasteiger partial charge in [-0.05, 0) is 24.3 Å². The number of hydrogen-bond acceptors (Lipinski definition) is 4. The third kappa shape index (κ3) is 3.50. The van der Waals surface area contributed by atoms with Crippen molar-refractivity contribution in [2.75, 3.05) is 13.2 Å². The van der Waals surface area contributed by atoms with Gasteiger partial charge in [-0.2, -0.15) is 18.3 Å². The van der Waals surface area contributed by atoms with E-state index in [1.165, 1.54) is 11.7 Å². The molecule has 9 heteroatoms. The number of aryl methyl sites for hydroxylation is 1. The van der Waals surface area contributed by atoms with Crippen LogP contribution in [-0.4, -0.2) is 23.0 Å². The van der Waals surface area contributed by atoms with Crippen molar-refractivity contribution in [2.45, 2.75) is 22.4 Å². The van der Waals surface area contributed by atoms with Gasteiger partial charge in [-0.25, -0.2) is 0 Å². The fourth-order valence-corrected chi connectivity index (χ4v) is 3.30. The lowest BCUT2D eigenvalue weighted by molar-refractivity contribution is -0.146. The summed E-state index contributed by atoms with van der Waals surface area (Å²) < 4.78 is 51.6. The van der Waals surface area contributed by atoms with Crippen LogP contribution in [0.15, 0.2) is 34.2 Å². The van der Waals surface area contributed by atoms with Gasteiger partial charge in [-0.15, -0.1) is 0 Å². The third-order valence-electron chi connectivity index (χ3n) is 3.18. The lowest BCUT2D eigenvalue weighted by Crippen LogP contribution is -2.12. The average molecular weight is 365 g/mol. The molecule has 0 saturated carbocycles. The zero-order valence-electron chi connectivity index (χ0n) is 11.9. The summed E-state index contributed by atoms with van der Waals surface area (Å²) in [5.74, 6) is 0. The van der Waals surface area contributed by atoms with Gasteiger partial charge in [0.15, 0.2) is 12.0 Å². The van der Waals surface area contributed by atoms with Crippen LogP contribution in [0.5, 0.6) is 0 Å². The Morgan fingerprint density at radius 1 is 1.22 bits per heavy atom. The molecular formula is C14H12ClF3N2O2S. The summed E-state index contributed by atoms with van der Waals surface area (Å²) in [4.78, 5) is 0.741. The Kier molecular flexibility index (Phi) is 4.59. The molecule has 4 nitrogen and oxygen atoms in total. The third-order valence-corrected chi connectivity index (χ3v) is 4.62. The van der Waals surface area contributed by atoms with Crippen molar-refractivity contribution < 1.29 is 22.6 Å². The minimum Gasteiger partial charge on any atom is -0.346 e. The molecule has 23 heavy (non-hydrogen) atoms. The van der Waals surface area contributed by atoms with Crippen LogP contribution in [0.3, 0.4) is 0 Å². The topological polar surface area (TPSA) is 36.3 Å². The summed E-state index contributed by atoms with van der Waals surface area (Å²) in [6.45, 7) is 0.504. The maximum absolute atomic E-state index is 13.3. The van der Waals surface area contributed by atoms with E-state index in [2.05, 4.69) is 5.10 Å². The summed E-state index contributed by atoms with van der Waals surface area (Å²) in [7, 11) is 1.46. The SMILES string of the molecule is Cn1nc(C(F)(F)F)c(C2OCCO2)c1Sc1ccc(Cl)cc1. The molecule has 124 valence electrons. The monoisotopic (exact) mass is 364 g/mol. The second-order valence-electron chi connectivity index (χ2n) is 4.82. The smallest absolute Gasteiger partial charge is 0.346 e. The van der Waals surface area contributed by atoms with Gasteiger partial charge in [0, 0.05) is 17.0 Å². The molecule has 1 saturated heterocycles. The first-order valence-electron chi connectivity index (χ1n) is 6.67. The highest BCUT2D eigenvalue weighted by Crippen LogP contribution is 2.43. The van der Waals surface area contributed by atoms with Crippen LogP contribution in [0.4, 0.5) is 13.2 Å². The molecule has 0 bridgehead atoms. The van der Waals surface area contributed by atoms with Gasteiger partial charge in [0.1, 0.15) is 5.03 Å². The lowest BCUT2D eigenvalue weighted by Gasteiger charge is -2.13. The Labute approximate surface area is 139 Å². The van der Waals surface area contributed by atoms with Crippen molar-refractivity contribution in [1.29, 1.82) is 0 Å². The molecule has 0 radical (unpaired) electrons. The van der Waals surface area contributed by atoms with Crippen molar-refractivity contribution in [3.05, 3.63) is 40.5 Å². The molecular weight excluding hydrogens is 353 g/mol. The molecule has 0 unspecified atom stereocenters. The van der Waals surface area contributed by atoms with Crippen molar-refractivity contribution >= 4 is 23.4 Å². The molecule has 1 aromatic carbocycles. The van der Waals surface area contributed by atoms with Gasteiger partial charge in [0.05, 0.1) is 18.8 Å². The van der Waals surface area contributed by atoms with E-state index in [9.17, 15) is 13.2 Å². The Hall–Kier alpha value is -1.22. The van der Waals surface area contributed by atoms with E-state index in [1.54, 1.807) is 24.3 Å². The zero-order valence-corrected chi connectivity index (χ0v) is 13.5. The molecule has 0 N–H and O–H groups in total. The predicted octanol–water partition coefficient (Wildman–Crippen LogP) is 4.29. The van der Waals surface area contributed by atoms with Gasteiger partial charge in [-0.1, -0.05) is 23.4 Å². The van der Waals surface area contributed by atoms with Gasteiger partial charge >= 0.3 is 6.18 Å². The zero-order chi connectivity index (χ0) is 16.6. The fourth-order valence-electron chi connectivity index (χ4n) is 2.21.